The molecule has 0 aliphatic heterocycles. The standard InChI is InChI=1S/C12H27NO2/c1-12(2,3)11-13-7-5-6-8-15-10-9-14-4/h13H,5-11H2,1-4H3. The first-order valence-electron chi connectivity index (χ1n) is 5.83. The Morgan fingerprint density at radius 2 is 1.73 bits per heavy atom. The van der Waals surface area contributed by atoms with Gasteiger partial charge < -0.3 is 14.8 Å². The van der Waals surface area contributed by atoms with Crippen LogP contribution in [0.2, 0.25) is 0 Å². The van der Waals surface area contributed by atoms with Crippen molar-refractivity contribution in [3.8, 4) is 0 Å². The summed E-state index contributed by atoms with van der Waals surface area (Å²) < 4.78 is 10.3. The van der Waals surface area contributed by atoms with Crippen LogP contribution in [-0.2, 0) is 9.47 Å². The van der Waals surface area contributed by atoms with E-state index >= 15 is 0 Å². The molecule has 92 valence electrons. The Labute approximate surface area is 94.5 Å². The third-order valence-corrected chi connectivity index (χ3v) is 1.98. The van der Waals surface area contributed by atoms with E-state index in [0.29, 0.717) is 18.6 Å². The highest BCUT2D eigenvalue weighted by Crippen LogP contribution is 2.09. The number of unbranched alkanes of at least 4 members (excludes halogenated alkanes) is 1. The van der Waals surface area contributed by atoms with Crippen LogP contribution in [0.3, 0.4) is 0 Å². The summed E-state index contributed by atoms with van der Waals surface area (Å²) in [6.07, 6.45) is 2.31. The largest absolute Gasteiger partial charge is 0.382 e. The normalized spacial score (nSPS) is 12.0. The first kappa shape index (κ1) is 14.9. The van der Waals surface area contributed by atoms with Gasteiger partial charge in [0.15, 0.2) is 0 Å². The average Bonchev–Trinajstić information content (AvgIpc) is 2.14. The highest BCUT2D eigenvalue weighted by atomic mass is 16.5. The minimum atomic E-state index is 0.384. The van der Waals surface area contributed by atoms with Gasteiger partial charge in [0.05, 0.1) is 13.2 Å². The maximum absolute atomic E-state index is 5.37. The molecule has 0 saturated heterocycles. The lowest BCUT2D eigenvalue weighted by atomic mass is 9.97. The Balaban J connectivity index is 2.99. The molecular formula is C12H27NO2. The Hall–Kier alpha value is -0.120. The fourth-order valence-corrected chi connectivity index (χ4v) is 1.16. The van der Waals surface area contributed by atoms with Crippen LogP contribution in [0.25, 0.3) is 0 Å². The molecule has 3 nitrogen and oxygen atoms in total. The van der Waals surface area contributed by atoms with Gasteiger partial charge in [-0.2, -0.15) is 0 Å². The first-order chi connectivity index (χ1) is 7.06. The molecule has 0 aromatic rings. The maximum Gasteiger partial charge on any atom is 0.0700 e. The van der Waals surface area contributed by atoms with Crippen molar-refractivity contribution in [1.82, 2.24) is 5.32 Å². The molecule has 0 radical (unpaired) electrons. The maximum atomic E-state index is 5.37. The highest BCUT2D eigenvalue weighted by Gasteiger charge is 2.07. The Morgan fingerprint density at radius 3 is 2.33 bits per heavy atom. The Kier molecular flexibility index (Phi) is 9.06. The molecule has 0 aliphatic carbocycles. The van der Waals surface area contributed by atoms with E-state index in [4.69, 9.17) is 9.47 Å². The van der Waals surface area contributed by atoms with Crippen LogP contribution in [0.15, 0.2) is 0 Å². The monoisotopic (exact) mass is 217 g/mol. The zero-order chi connectivity index (χ0) is 11.6. The van der Waals surface area contributed by atoms with Crippen molar-refractivity contribution >= 4 is 0 Å². The number of hydrogen-bond acceptors (Lipinski definition) is 3. The number of nitrogens with one attached hydrogen (secondary N) is 1. The lowest BCUT2D eigenvalue weighted by molar-refractivity contribution is 0.0687. The second kappa shape index (κ2) is 9.13. The zero-order valence-electron chi connectivity index (χ0n) is 10.8. The summed E-state index contributed by atoms with van der Waals surface area (Å²) in [5, 5.41) is 3.45. The molecule has 0 fully saturated rings. The molecule has 0 amide bonds. The van der Waals surface area contributed by atoms with E-state index in [2.05, 4.69) is 26.1 Å². The van der Waals surface area contributed by atoms with Gasteiger partial charge in [-0.15, -0.1) is 0 Å². The van der Waals surface area contributed by atoms with Gasteiger partial charge in [0.2, 0.25) is 0 Å². The van der Waals surface area contributed by atoms with Gasteiger partial charge in [-0.05, 0) is 31.3 Å². The molecular weight excluding hydrogens is 190 g/mol. The number of rotatable bonds is 9. The molecule has 3 heteroatoms. The molecule has 1 N–H and O–H groups in total. The predicted octanol–water partition coefficient (Wildman–Crippen LogP) is 2.07. The van der Waals surface area contributed by atoms with E-state index in [9.17, 15) is 0 Å². The summed E-state index contributed by atoms with van der Waals surface area (Å²) >= 11 is 0. The molecule has 15 heavy (non-hydrogen) atoms. The molecule has 0 aliphatic rings. The summed E-state index contributed by atoms with van der Waals surface area (Å²) in [6.45, 7) is 11.2. The van der Waals surface area contributed by atoms with Crippen LogP contribution >= 0.6 is 0 Å². The Bertz CT molecular complexity index is 132. The summed E-state index contributed by atoms with van der Waals surface area (Å²) in [4.78, 5) is 0. The lowest BCUT2D eigenvalue weighted by Crippen LogP contribution is -2.27. The molecule has 0 heterocycles. The Morgan fingerprint density at radius 1 is 1.00 bits per heavy atom. The molecule has 0 unspecified atom stereocenters. The summed E-state index contributed by atoms with van der Waals surface area (Å²) in [5.74, 6) is 0. The third-order valence-electron chi connectivity index (χ3n) is 1.98. The molecule has 0 spiro atoms. The topological polar surface area (TPSA) is 30.5 Å². The fraction of sp³-hybridized carbons (Fsp3) is 1.00. The molecule has 0 rings (SSSR count). The summed E-state index contributed by atoms with van der Waals surface area (Å²) in [5.41, 5.74) is 0.384. The van der Waals surface area contributed by atoms with Crippen molar-refractivity contribution in [3.63, 3.8) is 0 Å². The van der Waals surface area contributed by atoms with Crippen LogP contribution in [0.4, 0.5) is 0 Å². The number of methoxy groups -OCH3 is 1. The first-order valence-corrected chi connectivity index (χ1v) is 5.83. The van der Waals surface area contributed by atoms with E-state index in [1.165, 1.54) is 6.42 Å². The average molecular weight is 217 g/mol. The number of ether oxygens (including phenoxy) is 2. The highest BCUT2D eigenvalue weighted by molar-refractivity contribution is 4.64. The second-order valence-electron chi connectivity index (χ2n) is 5.05. The van der Waals surface area contributed by atoms with Gasteiger partial charge in [0.1, 0.15) is 0 Å². The van der Waals surface area contributed by atoms with E-state index < -0.39 is 0 Å². The van der Waals surface area contributed by atoms with Gasteiger partial charge in [0, 0.05) is 13.7 Å². The molecule has 0 bridgehead atoms. The van der Waals surface area contributed by atoms with Crippen LogP contribution < -0.4 is 5.32 Å². The lowest BCUT2D eigenvalue weighted by Gasteiger charge is -2.18. The number of hydrogen-bond donors (Lipinski definition) is 1. The molecule has 0 aromatic heterocycles. The van der Waals surface area contributed by atoms with Gasteiger partial charge >= 0.3 is 0 Å². The van der Waals surface area contributed by atoms with Crippen molar-refractivity contribution in [2.75, 3.05) is 40.0 Å². The van der Waals surface area contributed by atoms with Gasteiger partial charge in [-0.1, -0.05) is 20.8 Å². The predicted molar refractivity (Wildman–Crippen MR) is 64.3 cm³/mol. The van der Waals surface area contributed by atoms with E-state index in [1.807, 2.05) is 0 Å². The van der Waals surface area contributed by atoms with Crippen LogP contribution in [-0.4, -0.2) is 40.0 Å². The van der Waals surface area contributed by atoms with Gasteiger partial charge in [-0.3, -0.25) is 0 Å². The van der Waals surface area contributed by atoms with Gasteiger partial charge in [0.25, 0.3) is 0 Å². The van der Waals surface area contributed by atoms with Crippen LogP contribution in [0.5, 0.6) is 0 Å². The van der Waals surface area contributed by atoms with Crippen molar-refractivity contribution in [2.45, 2.75) is 33.6 Å². The van der Waals surface area contributed by atoms with Crippen molar-refractivity contribution in [2.24, 2.45) is 5.41 Å². The molecule has 0 atom stereocenters. The minimum absolute atomic E-state index is 0.384. The van der Waals surface area contributed by atoms with E-state index in [1.54, 1.807) is 7.11 Å². The van der Waals surface area contributed by atoms with E-state index in [-0.39, 0.29) is 0 Å². The quantitative estimate of drug-likeness (QED) is 0.600. The minimum Gasteiger partial charge on any atom is -0.382 e. The van der Waals surface area contributed by atoms with Gasteiger partial charge in [-0.25, -0.2) is 0 Å². The SMILES string of the molecule is COCCOCCCCNCC(C)(C)C. The van der Waals surface area contributed by atoms with E-state index in [0.717, 1.165) is 26.1 Å². The zero-order valence-corrected chi connectivity index (χ0v) is 10.8. The fourth-order valence-electron chi connectivity index (χ4n) is 1.16. The molecule has 0 aromatic carbocycles. The summed E-state index contributed by atoms with van der Waals surface area (Å²) in [6, 6.07) is 0. The molecule has 0 saturated carbocycles. The second-order valence-corrected chi connectivity index (χ2v) is 5.05. The smallest absolute Gasteiger partial charge is 0.0700 e. The van der Waals surface area contributed by atoms with Crippen molar-refractivity contribution in [1.29, 1.82) is 0 Å². The third kappa shape index (κ3) is 13.9. The van der Waals surface area contributed by atoms with Crippen molar-refractivity contribution in [3.05, 3.63) is 0 Å². The van der Waals surface area contributed by atoms with Crippen molar-refractivity contribution < 1.29 is 9.47 Å². The van der Waals surface area contributed by atoms with Crippen LogP contribution in [0, 0.1) is 5.41 Å². The summed E-state index contributed by atoms with van der Waals surface area (Å²) in [7, 11) is 1.69. The van der Waals surface area contributed by atoms with Crippen LogP contribution in [0.1, 0.15) is 33.6 Å².